The molecule has 1 amide bonds. The molecule has 3 rings (SSSR count). The topological polar surface area (TPSA) is 81.1 Å². The summed E-state index contributed by atoms with van der Waals surface area (Å²) in [5.41, 5.74) is 0.237. The molecule has 8 heteroatoms. The van der Waals surface area contributed by atoms with Crippen molar-refractivity contribution in [1.82, 2.24) is 15.1 Å². The Morgan fingerprint density at radius 3 is 2.79 bits per heavy atom. The molecule has 0 spiro atoms. The van der Waals surface area contributed by atoms with Gasteiger partial charge in [0.2, 0.25) is 0 Å². The fourth-order valence-electron chi connectivity index (χ4n) is 3.14. The highest BCUT2D eigenvalue weighted by Gasteiger charge is 2.39. The number of carbonyl (C=O) groups excluding carboxylic acids is 1. The van der Waals surface area contributed by atoms with Crippen LogP contribution in [-0.4, -0.2) is 41.2 Å². The van der Waals surface area contributed by atoms with E-state index in [4.69, 9.17) is 0 Å². The van der Waals surface area contributed by atoms with Gasteiger partial charge < -0.3 is 5.32 Å². The van der Waals surface area contributed by atoms with Crippen molar-refractivity contribution in [3.05, 3.63) is 16.6 Å². The normalized spacial score (nSPS) is 23.2. The first-order chi connectivity index (χ1) is 11.1. The van der Waals surface area contributed by atoms with E-state index in [2.05, 4.69) is 24.3 Å². The van der Waals surface area contributed by atoms with Crippen molar-refractivity contribution in [2.75, 3.05) is 11.5 Å². The van der Waals surface area contributed by atoms with E-state index in [1.807, 2.05) is 17.7 Å². The molecule has 1 aliphatic heterocycles. The predicted molar refractivity (Wildman–Crippen MR) is 96.3 cm³/mol. The van der Waals surface area contributed by atoms with E-state index in [-0.39, 0.29) is 17.4 Å². The molecule has 0 radical (unpaired) electrons. The van der Waals surface area contributed by atoms with Gasteiger partial charge >= 0.3 is 0 Å². The Morgan fingerprint density at radius 1 is 1.50 bits per heavy atom. The van der Waals surface area contributed by atoms with E-state index in [1.54, 1.807) is 6.92 Å². The van der Waals surface area contributed by atoms with Crippen LogP contribution in [0.15, 0.2) is 6.07 Å². The number of thiophene rings is 1. The number of hydrogen-bond donors (Lipinski definition) is 1. The molecule has 1 atom stereocenters. The van der Waals surface area contributed by atoms with Crippen molar-refractivity contribution in [2.45, 2.75) is 46.2 Å². The number of sulfone groups is 1. The van der Waals surface area contributed by atoms with Crippen LogP contribution < -0.4 is 5.32 Å². The molecule has 0 saturated carbocycles. The second-order valence-electron chi connectivity index (χ2n) is 7.35. The van der Waals surface area contributed by atoms with Crippen molar-refractivity contribution in [1.29, 1.82) is 0 Å². The minimum atomic E-state index is -3.05. The van der Waals surface area contributed by atoms with Crippen LogP contribution in [0.3, 0.4) is 0 Å². The van der Waals surface area contributed by atoms with E-state index in [0.717, 1.165) is 22.5 Å². The number of nitrogens with zero attached hydrogens (tertiary/aromatic N) is 2. The van der Waals surface area contributed by atoms with Gasteiger partial charge in [-0.05, 0) is 32.3 Å². The molecule has 0 aliphatic carbocycles. The minimum absolute atomic E-state index is 0.0107. The van der Waals surface area contributed by atoms with Gasteiger partial charge in [0.15, 0.2) is 9.84 Å². The summed E-state index contributed by atoms with van der Waals surface area (Å²) in [6, 6.07) is 1.86. The number of hydrogen-bond acceptors (Lipinski definition) is 5. The maximum Gasteiger partial charge on any atom is 0.261 e. The molecule has 24 heavy (non-hydrogen) atoms. The van der Waals surface area contributed by atoms with Gasteiger partial charge in [0, 0.05) is 11.9 Å². The van der Waals surface area contributed by atoms with Crippen molar-refractivity contribution in [3.8, 4) is 0 Å². The van der Waals surface area contributed by atoms with Gasteiger partial charge in [-0.1, -0.05) is 13.8 Å². The molecule has 0 unspecified atom stereocenters. The lowest BCUT2D eigenvalue weighted by molar-refractivity contribution is 0.0919. The Morgan fingerprint density at radius 2 is 2.21 bits per heavy atom. The molecule has 1 aliphatic rings. The minimum Gasteiger partial charge on any atom is -0.345 e. The summed E-state index contributed by atoms with van der Waals surface area (Å²) in [6.07, 6.45) is 0.464. The smallest absolute Gasteiger partial charge is 0.261 e. The summed E-state index contributed by atoms with van der Waals surface area (Å²) in [4.78, 5) is 14.2. The molecule has 2 aromatic rings. The molecule has 1 N–H and O–H groups in total. The zero-order valence-corrected chi connectivity index (χ0v) is 16.1. The highest BCUT2D eigenvalue weighted by atomic mass is 32.2. The van der Waals surface area contributed by atoms with Crippen LogP contribution >= 0.6 is 11.3 Å². The van der Waals surface area contributed by atoms with Crippen molar-refractivity contribution >= 4 is 37.3 Å². The molecule has 2 aromatic heterocycles. The molecule has 132 valence electrons. The third kappa shape index (κ3) is 3.35. The lowest BCUT2D eigenvalue weighted by atomic mass is 10.0. The first kappa shape index (κ1) is 17.4. The van der Waals surface area contributed by atoms with Gasteiger partial charge in [0.05, 0.1) is 27.6 Å². The van der Waals surface area contributed by atoms with Gasteiger partial charge in [-0.15, -0.1) is 11.3 Å². The van der Waals surface area contributed by atoms with Crippen LogP contribution in [-0.2, 0) is 16.4 Å². The molecule has 1 fully saturated rings. The Bertz CT molecular complexity index is 895. The number of aryl methyl sites for hydroxylation is 1. The van der Waals surface area contributed by atoms with Crippen LogP contribution in [0.1, 0.15) is 42.6 Å². The Balaban J connectivity index is 1.86. The molecule has 0 aromatic carbocycles. The second-order valence-corrected chi connectivity index (χ2v) is 10.6. The third-order valence-electron chi connectivity index (χ3n) is 4.29. The maximum absolute atomic E-state index is 12.6. The average Bonchev–Trinajstić information content (AvgIpc) is 3.05. The van der Waals surface area contributed by atoms with Gasteiger partial charge in [-0.3, -0.25) is 9.48 Å². The summed E-state index contributed by atoms with van der Waals surface area (Å²) in [7, 11) is -3.05. The zero-order chi connectivity index (χ0) is 17.7. The lowest BCUT2D eigenvalue weighted by Gasteiger charge is -2.23. The summed E-state index contributed by atoms with van der Waals surface area (Å²) < 4.78 is 25.3. The molecule has 0 bridgehead atoms. The summed E-state index contributed by atoms with van der Waals surface area (Å²) in [6.45, 7) is 8.81. The van der Waals surface area contributed by atoms with E-state index >= 15 is 0 Å². The van der Waals surface area contributed by atoms with Gasteiger partial charge in [-0.2, -0.15) is 5.10 Å². The average molecular weight is 370 g/mol. The van der Waals surface area contributed by atoms with Gasteiger partial charge in [0.1, 0.15) is 4.83 Å². The second kappa shape index (κ2) is 5.84. The number of aromatic nitrogens is 2. The van der Waals surface area contributed by atoms with Gasteiger partial charge in [0.25, 0.3) is 5.91 Å². The highest BCUT2D eigenvalue weighted by molar-refractivity contribution is 7.91. The fourth-order valence-corrected chi connectivity index (χ4v) is 6.30. The van der Waals surface area contributed by atoms with Crippen molar-refractivity contribution in [2.24, 2.45) is 5.92 Å². The lowest BCUT2D eigenvalue weighted by Crippen LogP contribution is -2.46. The summed E-state index contributed by atoms with van der Waals surface area (Å²) >= 11 is 1.42. The number of carbonyl (C=O) groups is 1. The van der Waals surface area contributed by atoms with Crippen LogP contribution in [0.2, 0.25) is 0 Å². The zero-order valence-electron chi connectivity index (χ0n) is 14.4. The third-order valence-corrected chi connectivity index (χ3v) is 7.34. The van der Waals surface area contributed by atoms with E-state index in [9.17, 15) is 13.2 Å². The van der Waals surface area contributed by atoms with E-state index < -0.39 is 15.4 Å². The first-order valence-electron chi connectivity index (χ1n) is 8.08. The van der Waals surface area contributed by atoms with Crippen LogP contribution in [0, 0.1) is 12.8 Å². The largest absolute Gasteiger partial charge is 0.345 e. The standard InChI is InChI=1S/C16H23N3O3S2/c1-10(2)8-19-15-12(11(3)18-19)7-13(23-15)14(20)17-16(4)5-6-24(21,22)9-16/h7,10H,5-6,8-9H2,1-4H3,(H,17,20)/t16-/m0/s1. The Hall–Kier alpha value is -1.41. The number of rotatable bonds is 4. The fraction of sp³-hybridized carbons (Fsp3) is 0.625. The Labute approximate surface area is 146 Å². The monoisotopic (exact) mass is 369 g/mol. The molecule has 3 heterocycles. The molecule has 6 nitrogen and oxygen atoms in total. The highest BCUT2D eigenvalue weighted by Crippen LogP contribution is 2.30. The summed E-state index contributed by atoms with van der Waals surface area (Å²) in [5.74, 6) is 0.413. The quantitative estimate of drug-likeness (QED) is 0.897. The number of fused-ring (bicyclic) bond motifs is 1. The number of amides is 1. The summed E-state index contributed by atoms with van der Waals surface area (Å²) in [5, 5.41) is 8.46. The van der Waals surface area contributed by atoms with Crippen LogP contribution in [0.5, 0.6) is 0 Å². The molecular formula is C16H23N3O3S2. The predicted octanol–water partition coefficient (Wildman–Crippen LogP) is 2.37. The molecular weight excluding hydrogens is 346 g/mol. The molecule has 1 saturated heterocycles. The van der Waals surface area contributed by atoms with Crippen molar-refractivity contribution < 1.29 is 13.2 Å². The van der Waals surface area contributed by atoms with Crippen LogP contribution in [0.4, 0.5) is 0 Å². The van der Waals surface area contributed by atoms with E-state index in [0.29, 0.717) is 17.2 Å². The Kier molecular flexibility index (Phi) is 4.24. The SMILES string of the molecule is Cc1nn(CC(C)C)c2sc(C(=O)N[C@@]3(C)CCS(=O)(=O)C3)cc12. The van der Waals surface area contributed by atoms with Gasteiger partial charge in [-0.25, -0.2) is 8.42 Å². The first-order valence-corrected chi connectivity index (χ1v) is 10.7. The van der Waals surface area contributed by atoms with Crippen molar-refractivity contribution in [3.63, 3.8) is 0 Å². The maximum atomic E-state index is 12.6. The van der Waals surface area contributed by atoms with E-state index in [1.165, 1.54) is 11.3 Å². The number of nitrogens with one attached hydrogen (secondary N) is 1. The van der Waals surface area contributed by atoms with Crippen LogP contribution in [0.25, 0.3) is 10.2 Å².